The van der Waals surface area contributed by atoms with Gasteiger partial charge in [-0.1, -0.05) is 0 Å². The Morgan fingerprint density at radius 3 is 2.89 bits per heavy atom. The summed E-state index contributed by atoms with van der Waals surface area (Å²) in [6, 6.07) is 3.34. The van der Waals surface area contributed by atoms with Crippen LogP contribution in [-0.2, 0) is 4.74 Å². The lowest BCUT2D eigenvalue weighted by atomic mass is 10.2. The average molecular weight is 333 g/mol. The van der Waals surface area contributed by atoms with Crippen LogP contribution in [0.4, 0.5) is 4.39 Å². The van der Waals surface area contributed by atoms with Gasteiger partial charge in [-0.3, -0.25) is 5.41 Å². The highest BCUT2D eigenvalue weighted by Crippen LogP contribution is 2.36. The highest BCUT2D eigenvalue weighted by Gasteiger charge is 2.26. The molecule has 0 saturated carbocycles. The third-order valence-corrected chi connectivity index (χ3v) is 5.19. The van der Waals surface area contributed by atoms with E-state index in [0.29, 0.717) is 10.5 Å². The maximum absolute atomic E-state index is 14.1. The molecule has 2 atom stereocenters. The summed E-state index contributed by atoms with van der Waals surface area (Å²) in [5, 5.41) is 7.63. The molecular formula is C12H14BrFN2OS. The summed E-state index contributed by atoms with van der Waals surface area (Å²) < 4.78 is 19.9. The second-order valence-corrected chi connectivity index (χ2v) is 6.25. The summed E-state index contributed by atoms with van der Waals surface area (Å²) >= 11 is 4.63. The van der Waals surface area contributed by atoms with E-state index in [4.69, 9.17) is 15.9 Å². The number of nitrogen functional groups attached to an aromatic ring is 1. The van der Waals surface area contributed by atoms with E-state index in [1.165, 1.54) is 11.8 Å². The number of thioether (sulfide) groups is 1. The SMILES string of the molecule is CC1OCCC1Sc1ccc(C(=N)N)c(Br)c1F. The predicted octanol–water partition coefficient (Wildman–Crippen LogP) is 3.14. The molecule has 1 saturated heterocycles. The van der Waals surface area contributed by atoms with E-state index in [0.717, 1.165) is 13.0 Å². The van der Waals surface area contributed by atoms with Crippen LogP contribution in [0, 0.1) is 11.2 Å². The predicted molar refractivity (Wildman–Crippen MR) is 74.8 cm³/mol. The van der Waals surface area contributed by atoms with Crippen LogP contribution < -0.4 is 5.73 Å². The maximum Gasteiger partial charge on any atom is 0.151 e. The highest BCUT2D eigenvalue weighted by molar-refractivity contribution is 9.10. The van der Waals surface area contributed by atoms with Gasteiger partial charge in [0.1, 0.15) is 5.84 Å². The van der Waals surface area contributed by atoms with Crippen LogP contribution in [0.25, 0.3) is 0 Å². The molecule has 3 nitrogen and oxygen atoms in total. The quantitative estimate of drug-likeness (QED) is 0.660. The first-order chi connectivity index (χ1) is 8.50. The standard InChI is InChI=1S/C12H14BrFN2OS/c1-6-8(4-5-17-6)18-9-3-2-7(12(15)16)10(13)11(9)14/h2-3,6,8H,4-5H2,1H3,(H3,15,16). The molecule has 1 aliphatic rings. The summed E-state index contributed by atoms with van der Waals surface area (Å²) in [6.07, 6.45) is 1.07. The van der Waals surface area contributed by atoms with E-state index >= 15 is 0 Å². The minimum absolute atomic E-state index is 0.139. The minimum atomic E-state index is -0.355. The summed E-state index contributed by atoms with van der Waals surface area (Å²) in [5.74, 6) is -0.498. The van der Waals surface area contributed by atoms with Crippen molar-refractivity contribution in [3.05, 3.63) is 28.0 Å². The van der Waals surface area contributed by atoms with Gasteiger partial charge in [-0.2, -0.15) is 0 Å². The van der Waals surface area contributed by atoms with E-state index < -0.39 is 0 Å². The second kappa shape index (κ2) is 5.59. The van der Waals surface area contributed by atoms with Gasteiger partial charge >= 0.3 is 0 Å². The number of halogens is 2. The Bertz CT molecular complexity index is 483. The van der Waals surface area contributed by atoms with E-state index in [1.54, 1.807) is 12.1 Å². The lowest BCUT2D eigenvalue weighted by Gasteiger charge is -2.15. The fourth-order valence-electron chi connectivity index (χ4n) is 1.86. The fourth-order valence-corrected chi connectivity index (χ4v) is 3.71. The zero-order valence-corrected chi connectivity index (χ0v) is 12.3. The van der Waals surface area contributed by atoms with Gasteiger partial charge in [0.05, 0.1) is 10.6 Å². The maximum atomic E-state index is 14.1. The molecule has 0 amide bonds. The van der Waals surface area contributed by atoms with Gasteiger partial charge < -0.3 is 10.5 Å². The molecule has 3 N–H and O–H groups in total. The highest BCUT2D eigenvalue weighted by atomic mass is 79.9. The molecule has 0 aliphatic carbocycles. The monoisotopic (exact) mass is 332 g/mol. The number of ether oxygens (including phenoxy) is 1. The first-order valence-electron chi connectivity index (χ1n) is 5.61. The van der Waals surface area contributed by atoms with Gasteiger partial charge in [-0.05, 0) is 41.4 Å². The minimum Gasteiger partial charge on any atom is -0.384 e. The van der Waals surface area contributed by atoms with Crippen LogP contribution >= 0.6 is 27.7 Å². The molecule has 1 heterocycles. The summed E-state index contributed by atoms with van der Waals surface area (Å²) in [7, 11) is 0. The topological polar surface area (TPSA) is 59.1 Å². The normalized spacial score (nSPS) is 23.3. The van der Waals surface area contributed by atoms with E-state index in [2.05, 4.69) is 15.9 Å². The van der Waals surface area contributed by atoms with E-state index in [1.807, 2.05) is 6.92 Å². The smallest absolute Gasteiger partial charge is 0.151 e. The van der Waals surface area contributed by atoms with Crippen molar-refractivity contribution in [1.82, 2.24) is 0 Å². The van der Waals surface area contributed by atoms with Crippen LogP contribution in [0.1, 0.15) is 18.9 Å². The van der Waals surface area contributed by atoms with Crippen molar-refractivity contribution in [3.63, 3.8) is 0 Å². The van der Waals surface area contributed by atoms with Gasteiger partial charge in [0.2, 0.25) is 0 Å². The van der Waals surface area contributed by atoms with Crippen molar-refractivity contribution in [2.45, 2.75) is 29.6 Å². The molecule has 6 heteroatoms. The molecular weight excluding hydrogens is 319 g/mol. The Labute approximate surface area is 118 Å². The van der Waals surface area contributed by atoms with Gasteiger partial charge in [-0.15, -0.1) is 11.8 Å². The van der Waals surface area contributed by atoms with Crippen LogP contribution in [0.3, 0.4) is 0 Å². The third-order valence-electron chi connectivity index (χ3n) is 2.92. The van der Waals surface area contributed by atoms with Gasteiger partial charge in [0.25, 0.3) is 0 Å². The van der Waals surface area contributed by atoms with Gasteiger partial charge in [0.15, 0.2) is 5.82 Å². The number of hydrogen-bond acceptors (Lipinski definition) is 3. The molecule has 1 aliphatic heterocycles. The molecule has 98 valence electrons. The summed E-state index contributed by atoms with van der Waals surface area (Å²) in [5.41, 5.74) is 5.76. The zero-order chi connectivity index (χ0) is 13.3. The first kappa shape index (κ1) is 13.8. The first-order valence-corrected chi connectivity index (χ1v) is 7.28. The van der Waals surface area contributed by atoms with Crippen molar-refractivity contribution < 1.29 is 9.13 Å². The Balaban J connectivity index is 2.24. The molecule has 1 fully saturated rings. The van der Waals surface area contributed by atoms with Crippen LogP contribution in [0.15, 0.2) is 21.5 Å². The molecule has 0 bridgehead atoms. The molecule has 1 aromatic carbocycles. The molecule has 0 aromatic heterocycles. The number of hydrogen-bond donors (Lipinski definition) is 2. The molecule has 2 unspecified atom stereocenters. The number of nitrogens with one attached hydrogen (secondary N) is 1. The largest absolute Gasteiger partial charge is 0.384 e. The Hall–Kier alpha value is -0.590. The number of nitrogens with two attached hydrogens (primary N) is 1. The van der Waals surface area contributed by atoms with Gasteiger partial charge in [-0.25, -0.2) is 4.39 Å². The molecule has 0 radical (unpaired) electrons. The molecule has 18 heavy (non-hydrogen) atoms. The number of amidine groups is 1. The zero-order valence-electron chi connectivity index (χ0n) is 9.87. The molecule has 2 rings (SSSR count). The summed E-state index contributed by atoms with van der Waals surface area (Å²) in [4.78, 5) is 0.564. The third kappa shape index (κ3) is 2.70. The van der Waals surface area contributed by atoms with Crippen molar-refractivity contribution in [2.24, 2.45) is 5.73 Å². The lowest BCUT2D eigenvalue weighted by molar-refractivity contribution is 0.127. The average Bonchev–Trinajstić information content (AvgIpc) is 2.70. The van der Waals surface area contributed by atoms with Crippen LogP contribution in [-0.4, -0.2) is 23.8 Å². The van der Waals surface area contributed by atoms with Crippen molar-refractivity contribution >= 4 is 33.5 Å². The Kier molecular flexibility index (Phi) is 4.29. The van der Waals surface area contributed by atoms with E-state index in [-0.39, 0.29) is 27.5 Å². The van der Waals surface area contributed by atoms with Crippen molar-refractivity contribution in [1.29, 1.82) is 5.41 Å². The van der Waals surface area contributed by atoms with Crippen LogP contribution in [0.2, 0.25) is 0 Å². The van der Waals surface area contributed by atoms with Crippen molar-refractivity contribution in [2.75, 3.05) is 6.61 Å². The number of rotatable bonds is 3. The Morgan fingerprint density at radius 1 is 1.61 bits per heavy atom. The molecule has 0 spiro atoms. The number of benzene rings is 1. The second-order valence-electron chi connectivity index (χ2n) is 4.17. The van der Waals surface area contributed by atoms with E-state index in [9.17, 15) is 4.39 Å². The fraction of sp³-hybridized carbons (Fsp3) is 0.417. The molecule has 1 aromatic rings. The van der Waals surface area contributed by atoms with Gasteiger partial charge in [0, 0.05) is 22.3 Å². The Morgan fingerprint density at radius 2 is 2.33 bits per heavy atom. The van der Waals surface area contributed by atoms with Crippen LogP contribution in [0.5, 0.6) is 0 Å². The van der Waals surface area contributed by atoms with Crippen molar-refractivity contribution in [3.8, 4) is 0 Å². The summed E-state index contributed by atoms with van der Waals surface area (Å²) in [6.45, 7) is 2.73. The lowest BCUT2D eigenvalue weighted by Crippen LogP contribution is -2.15.